The number of alkyl halides is 3. The molecule has 156 valence electrons. The van der Waals surface area contributed by atoms with Gasteiger partial charge in [-0.25, -0.2) is 4.99 Å². The van der Waals surface area contributed by atoms with E-state index in [4.69, 9.17) is 4.42 Å². The van der Waals surface area contributed by atoms with Gasteiger partial charge in [0.1, 0.15) is 17.1 Å². The third-order valence-electron chi connectivity index (χ3n) is 3.97. The Morgan fingerprint density at radius 1 is 1.30 bits per heavy atom. The molecule has 0 aliphatic carbocycles. The Hall–Kier alpha value is -1.74. The van der Waals surface area contributed by atoms with Crippen molar-refractivity contribution in [1.82, 2.24) is 15.5 Å². The highest BCUT2D eigenvalue weighted by Gasteiger charge is 2.29. The highest BCUT2D eigenvalue weighted by atomic mass is 19.4. The number of hydrogen-bond donors (Lipinski definition) is 3. The van der Waals surface area contributed by atoms with Crippen molar-refractivity contribution in [3.8, 4) is 0 Å². The molecule has 27 heavy (non-hydrogen) atoms. The number of nitrogens with one attached hydrogen (secondary N) is 2. The molecule has 6 nitrogen and oxygen atoms in total. The van der Waals surface area contributed by atoms with E-state index in [0.717, 1.165) is 5.76 Å². The van der Waals surface area contributed by atoms with Gasteiger partial charge in [0.05, 0.1) is 13.1 Å². The van der Waals surface area contributed by atoms with Crippen molar-refractivity contribution in [3.63, 3.8) is 0 Å². The fourth-order valence-electron chi connectivity index (χ4n) is 2.77. The van der Waals surface area contributed by atoms with Gasteiger partial charge in [-0.3, -0.25) is 4.90 Å². The maximum atomic E-state index is 12.3. The minimum absolute atomic E-state index is 0.121. The van der Waals surface area contributed by atoms with Gasteiger partial charge in [-0.2, -0.15) is 13.2 Å². The van der Waals surface area contributed by atoms with E-state index in [9.17, 15) is 18.3 Å². The van der Waals surface area contributed by atoms with Crippen molar-refractivity contribution < 1.29 is 22.7 Å². The lowest BCUT2D eigenvalue weighted by Gasteiger charge is -2.22. The highest BCUT2D eigenvalue weighted by Crippen LogP contribution is 2.27. The van der Waals surface area contributed by atoms with Gasteiger partial charge in [-0.15, -0.1) is 0 Å². The van der Waals surface area contributed by atoms with Gasteiger partial charge in [0.15, 0.2) is 5.96 Å². The second-order valence-electron chi connectivity index (χ2n) is 6.93. The topological polar surface area (TPSA) is 73.0 Å². The summed E-state index contributed by atoms with van der Waals surface area (Å²) < 4.78 is 42.4. The smallest absolute Gasteiger partial charge is 0.401 e. The van der Waals surface area contributed by atoms with Crippen LogP contribution in [-0.4, -0.2) is 61.9 Å². The van der Waals surface area contributed by atoms with Crippen molar-refractivity contribution in [1.29, 1.82) is 0 Å². The van der Waals surface area contributed by atoms with E-state index < -0.39 is 18.3 Å². The van der Waals surface area contributed by atoms with Crippen LogP contribution >= 0.6 is 0 Å². The molecule has 0 spiro atoms. The highest BCUT2D eigenvalue weighted by molar-refractivity contribution is 5.79. The van der Waals surface area contributed by atoms with Crippen LogP contribution in [0, 0.1) is 13.8 Å². The molecule has 0 bridgehead atoms. The number of furan rings is 1. The van der Waals surface area contributed by atoms with E-state index in [2.05, 4.69) is 15.6 Å². The molecule has 1 heterocycles. The monoisotopic (exact) mass is 392 g/mol. The quantitative estimate of drug-likeness (QED) is 0.342. The molecule has 1 atom stereocenters. The molecule has 1 aromatic heterocycles. The molecule has 0 saturated heterocycles. The largest absolute Gasteiger partial charge is 0.466 e. The molecule has 0 aliphatic rings. The summed E-state index contributed by atoms with van der Waals surface area (Å²) in [5.41, 5.74) is -0.495. The van der Waals surface area contributed by atoms with E-state index in [0.29, 0.717) is 43.3 Å². The van der Waals surface area contributed by atoms with E-state index in [1.165, 1.54) is 11.9 Å². The molecule has 0 saturated carbocycles. The number of guanidine groups is 1. The molecule has 0 aromatic carbocycles. The van der Waals surface area contributed by atoms with Crippen molar-refractivity contribution >= 4 is 5.96 Å². The number of halogens is 3. The predicted octanol–water partition coefficient (Wildman–Crippen LogP) is 2.54. The standard InChI is InChI=1S/C18H31F3N4O2/c1-6-22-16(23-8-7-9-25(5)12-18(19,20)21)24-11-17(4,26)15-10-13(2)27-14(15)3/h10,26H,6-9,11-12H2,1-5H3,(H2,22,23,24). The summed E-state index contributed by atoms with van der Waals surface area (Å²) in [6.45, 7) is 7.81. The van der Waals surface area contributed by atoms with Gasteiger partial charge in [-0.1, -0.05) is 0 Å². The number of aryl methyl sites for hydroxylation is 2. The third-order valence-corrected chi connectivity index (χ3v) is 3.97. The maximum Gasteiger partial charge on any atom is 0.401 e. The van der Waals surface area contributed by atoms with Crippen LogP contribution in [0.1, 0.15) is 37.4 Å². The van der Waals surface area contributed by atoms with Gasteiger partial charge in [-0.05, 0) is 53.8 Å². The summed E-state index contributed by atoms with van der Waals surface area (Å²) in [6, 6.07) is 1.79. The Balaban J connectivity index is 2.56. The summed E-state index contributed by atoms with van der Waals surface area (Å²) >= 11 is 0. The lowest BCUT2D eigenvalue weighted by Crippen LogP contribution is -2.40. The summed E-state index contributed by atoms with van der Waals surface area (Å²) in [7, 11) is 1.44. The average molecular weight is 392 g/mol. The lowest BCUT2D eigenvalue weighted by molar-refractivity contribution is -0.143. The number of aliphatic hydroxyl groups is 1. The molecule has 1 aromatic rings. The molecule has 1 rings (SSSR count). The van der Waals surface area contributed by atoms with Gasteiger partial charge in [0.25, 0.3) is 0 Å². The van der Waals surface area contributed by atoms with E-state index in [1.807, 2.05) is 13.8 Å². The van der Waals surface area contributed by atoms with Crippen LogP contribution in [0.15, 0.2) is 15.5 Å². The fourth-order valence-corrected chi connectivity index (χ4v) is 2.77. The Kier molecular flexibility index (Phi) is 8.61. The van der Waals surface area contributed by atoms with Crippen LogP contribution < -0.4 is 10.6 Å². The molecular weight excluding hydrogens is 361 g/mol. The molecule has 1 unspecified atom stereocenters. The minimum Gasteiger partial charge on any atom is -0.466 e. The first kappa shape index (κ1) is 23.3. The van der Waals surface area contributed by atoms with Crippen molar-refractivity contribution in [2.75, 3.05) is 39.8 Å². The van der Waals surface area contributed by atoms with E-state index in [-0.39, 0.29) is 6.54 Å². The first-order valence-corrected chi connectivity index (χ1v) is 9.02. The zero-order valence-corrected chi connectivity index (χ0v) is 16.7. The summed E-state index contributed by atoms with van der Waals surface area (Å²) in [6.07, 6.45) is -3.65. The number of hydrogen-bond acceptors (Lipinski definition) is 4. The third kappa shape index (κ3) is 8.66. The Morgan fingerprint density at radius 2 is 1.96 bits per heavy atom. The van der Waals surface area contributed by atoms with E-state index in [1.54, 1.807) is 19.9 Å². The average Bonchev–Trinajstić information content (AvgIpc) is 2.86. The molecule has 9 heteroatoms. The molecule has 0 fully saturated rings. The van der Waals surface area contributed by atoms with Crippen LogP contribution in [0.3, 0.4) is 0 Å². The number of nitrogens with zero attached hydrogens (tertiary/aromatic N) is 2. The van der Waals surface area contributed by atoms with E-state index >= 15 is 0 Å². The number of rotatable bonds is 9. The molecule has 0 amide bonds. The van der Waals surface area contributed by atoms with Crippen LogP contribution in [0.5, 0.6) is 0 Å². The lowest BCUT2D eigenvalue weighted by atomic mass is 9.96. The molecule has 0 aliphatic heterocycles. The van der Waals surface area contributed by atoms with Crippen LogP contribution in [-0.2, 0) is 5.60 Å². The fraction of sp³-hybridized carbons (Fsp3) is 0.722. The Labute approximate surface area is 158 Å². The second-order valence-corrected chi connectivity index (χ2v) is 6.93. The maximum absolute atomic E-state index is 12.3. The van der Waals surface area contributed by atoms with Gasteiger partial charge < -0.3 is 20.2 Å². The van der Waals surface area contributed by atoms with Crippen LogP contribution in [0.4, 0.5) is 13.2 Å². The summed E-state index contributed by atoms with van der Waals surface area (Å²) in [5.74, 6) is 1.88. The Bertz CT molecular complexity index is 612. The van der Waals surface area contributed by atoms with Crippen LogP contribution in [0.25, 0.3) is 0 Å². The van der Waals surface area contributed by atoms with Crippen LogP contribution in [0.2, 0.25) is 0 Å². The molecule has 0 radical (unpaired) electrons. The summed E-state index contributed by atoms with van der Waals surface area (Å²) in [4.78, 5) is 5.63. The molecule has 3 N–H and O–H groups in total. The van der Waals surface area contributed by atoms with Gasteiger partial charge in [0.2, 0.25) is 0 Å². The second kappa shape index (κ2) is 9.98. The zero-order chi connectivity index (χ0) is 20.7. The zero-order valence-electron chi connectivity index (χ0n) is 16.7. The predicted molar refractivity (Wildman–Crippen MR) is 99.9 cm³/mol. The Morgan fingerprint density at radius 3 is 2.48 bits per heavy atom. The van der Waals surface area contributed by atoms with Gasteiger partial charge >= 0.3 is 6.18 Å². The summed E-state index contributed by atoms with van der Waals surface area (Å²) in [5, 5.41) is 16.9. The SMILES string of the molecule is CCNC(=NCC(C)(O)c1cc(C)oc1C)NCCCN(C)CC(F)(F)F. The first-order valence-electron chi connectivity index (χ1n) is 9.02. The van der Waals surface area contributed by atoms with Gasteiger partial charge in [0, 0.05) is 18.7 Å². The number of aliphatic imine (C=N–C) groups is 1. The minimum atomic E-state index is -4.19. The van der Waals surface area contributed by atoms with Crippen molar-refractivity contribution in [2.24, 2.45) is 4.99 Å². The normalized spacial score (nSPS) is 15.1. The molecular formula is C18H31F3N4O2. The van der Waals surface area contributed by atoms with Crippen molar-refractivity contribution in [2.45, 2.75) is 45.9 Å². The first-order chi connectivity index (χ1) is 12.4. The van der Waals surface area contributed by atoms with Crippen molar-refractivity contribution in [3.05, 3.63) is 23.2 Å².